The van der Waals surface area contributed by atoms with Crippen molar-refractivity contribution < 1.29 is 5.11 Å². The molecule has 0 spiro atoms. The number of fused-ring (bicyclic) bond motifs is 1. The number of hydrogen-bond acceptors (Lipinski definition) is 3. The Kier molecular flexibility index (Phi) is 6.70. The fourth-order valence-corrected chi connectivity index (χ4v) is 5.60. The summed E-state index contributed by atoms with van der Waals surface area (Å²) in [4.78, 5) is 10.1. The zero-order chi connectivity index (χ0) is 28.7. The van der Waals surface area contributed by atoms with E-state index in [2.05, 4.69) is 63.5 Å². The van der Waals surface area contributed by atoms with Crippen LogP contribution in [-0.4, -0.2) is 19.6 Å². The fraction of sp³-hybridized carbons (Fsp3) is 0.189. The van der Waals surface area contributed by atoms with Gasteiger partial charge in [-0.05, 0) is 58.9 Å². The van der Waals surface area contributed by atoms with Crippen molar-refractivity contribution in [2.75, 3.05) is 0 Å². The van der Waals surface area contributed by atoms with E-state index in [1.807, 2.05) is 84.9 Å². The molecule has 0 amide bonds. The molecular formula is C37H35N3O. The molecule has 2 aromatic heterocycles. The standard InChI is InChI=1S/C37H35N3O/c1-24(2)26-16-12-19-29(37(3,4)5)34(26)40-33-23-10-9-20-32(33)39-36(40)28-18-11-17-27(35(28)41)31-22-13-21-30(38-31)25-14-7-6-8-15-25/h6-24,41H,1-5H3. The highest BCUT2D eigenvalue weighted by Crippen LogP contribution is 2.43. The summed E-state index contributed by atoms with van der Waals surface area (Å²) in [5.41, 5.74) is 9.36. The highest BCUT2D eigenvalue weighted by molar-refractivity contribution is 5.88. The van der Waals surface area contributed by atoms with Gasteiger partial charge in [0.05, 0.1) is 33.7 Å². The molecule has 41 heavy (non-hydrogen) atoms. The van der Waals surface area contributed by atoms with Crippen LogP contribution in [0.15, 0.2) is 109 Å². The number of pyridine rings is 1. The van der Waals surface area contributed by atoms with E-state index < -0.39 is 0 Å². The van der Waals surface area contributed by atoms with Crippen LogP contribution >= 0.6 is 0 Å². The van der Waals surface area contributed by atoms with Gasteiger partial charge in [0.2, 0.25) is 0 Å². The molecule has 0 radical (unpaired) electrons. The van der Waals surface area contributed by atoms with E-state index in [0.717, 1.165) is 28.0 Å². The van der Waals surface area contributed by atoms with E-state index in [0.29, 0.717) is 28.6 Å². The average Bonchev–Trinajstić information content (AvgIpc) is 3.36. The maximum Gasteiger partial charge on any atom is 0.149 e. The molecule has 0 saturated carbocycles. The number of para-hydroxylation sites is 4. The maximum absolute atomic E-state index is 11.9. The third kappa shape index (κ3) is 4.80. The number of rotatable bonds is 5. The minimum Gasteiger partial charge on any atom is -0.506 e. The zero-order valence-corrected chi connectivity index (χ0v) is 24.3. The van der Waals surface area contributed by atoms with Gasteiger partial charge in [0.1, 0.15) is 11.6 Å². The number of benzene rings is 4. The van der Waals surface area contributed by atoms with Gasteiger partial charge in [-0.15, -0.1) is 0 Å². The van der Waals surface area contributed by atoms with Gasteiger partial charge < -0.3 is 5.11 Å². The van der Waals surface area contributed by atoms with Crippen LogP contribution in [0.3, 0.4) is 0 Å². The number of phenols is 1. The lowest BCUT2D eigenvalue weighted by Gasteiger charge is -2.28. The Morgan fingerprint density at radius 3 is 2.07 bits per heavy atom. The van der Waals surface area contributed by atoms with E-state index in [1.54, 1.807) is 0 Å². The first-order chi connectivity index (χ1) is 19.7. The minimum absolute atomic E-state index is 0.103. The molecule has 0 unspecified atom stereocenters. The first kappa shape index (κ1) is 26.5. The number of imidazole rings is 1. The lowest BCUT2D eigenvalue weighted by molar-refractivity contribution is 0.478. The first-order valence-electron chi connectivity index (χ1n) is 14.2. The summed E-state index contributed by atoms with van der Waals surface area (Å²) >= 11 is 0. The predicted molar refractivity (Wildman–Crippen MR) is 170 cm³/mol. The Bertz CT molecular complexity index is 1860. The van der Waals surface area contributed by atoms with Crippen molar-refractivity contribution in [3.05, 3.63) is 120 Å². The van der Waals surface area contributed by atoms with Gasteiger partial charge in [0.15, 0.2) is 0 Å². The van der Waals surface area contributed by atoms with Gasteiger partial charge in [-0.25, -0.2) is 9.97 Å². The molecule has 0 bridgehead atoms. The quantitative estimate of drug-likeness (QED) is 0.238. The van der Waals surface area contributed by atoms with E-state index in [4.69, 9.17) is 9.97 Å². The highest BCUT2D eigenvalue weighted by Gasteiger charge is 2.27. The summed E-state index contributed by atoms with van der Waals surface area (Å²) in [6.45, 7) is 11.2. The third-order valence-corrected chi connectivity index (χ3v) is 7.65. The number of hydrogen-bond donors (Lipinski definition) is 1. The molecule has 4 heteroatoms. The van der Waals surface area contributed by atoms with Crippen LogP contribution in [0.5, 0.6) is 5.75 Å². The summed E-state index contributed by atoms with van der Waals surface area (Å²) in [5, 5.41) is 11.9. The minimum atomic E-state index is -0.103. The molecule has 1 N–H and O–H groups in total. The molecule has 6 aromatic rings. The molecule has 204 valence electrons. The Balaban J connectivity index is 1.61. The molecule has 0 aliphatic heterocycles. The maximum atomic E-state index is 11.9. The largest absolute Gasteiger partial charge is 0.506 e. The van der Waals surface area contributed by atoms with Gasteiger partial charge in [-0.1, -0.05) is 107 Å². The smallest absolute Gasteiger partial charge is 0.149 e. The summed E-state index contributed by atoms with van der Waals surface area (Å²) in [7, 11) is 0. The average molecular weight is 538 g/mol. The molecule has 6 rings (SSSR count). The molecule has 0 fully saturated rings. The molecule has 0 atom stereocenters. The summed E-state index contributed by atoms with van der Waals surface area (Å²) in [5.74, 6) is 1.18. The predicted octanol–water partition coefficient (Wildman–Crippen LogP) is 9.55. The van der Waals surface area contributed by atoms with Crippen LogP contribution in [0.2, 0.25) is 0 Å². The van der Waals surface area contributed by atoms with E-state index in [1.165, 1.54) is 11.1 Å². The van der Waals surface area contributed by atoms with Crippen molar-refractivity contribution in [2.45, 2.75) is 46.0 Å². The van der Waals surface area contributed by atoms with Crippen LogP contribution in [0.4, 0.5) is 0 Å². The molecule has 4 nitrogen and oxygen atoms in total. The number of aromatic nitrogens is 3. The van der Waals surface area contributed by atoms with Crippen LogP contribution in [0, 0.1) is 0 Å². The number of aromatic hydroxyl groups is 1. The van der Waals surface area contributed by atoms with Crippen LogP contribution < -0.4 is 0 Å². The lowest BCUT2D eigenvalue weighted by Crippen LogP contribution is -2.18. The van der Waals surface area contributed by atoms with Crippen molar-refractivity contribution in [3.63, 3.8) is 0 Å². The normalized spacial score (nSPS) is 11.9. The second kappa shape index (κ2) is 10.4. The van der Waals surface area contributed by atoms with Crippen molar-refractivity contribution >= 4 is 11.0 Å². The summed E-state index contributed by atoms with van der Waals surface area (Å²) in [6, 6.07) is 36.7. The topological polar surface area (TPSA) is 50.9 Å². The first-order valence-corrected chi connectivity index (χ1v) is 14.2. The lowest BCUT2D eigenvalue weighted by atomic mass is 9.82. The van der Waals surface area contributed by atoms with Crippen molar-refractivity contribution in [2.24, 2.45) is 0 Å². The molecule has 0 aliphatic carbocycles. The molecular weight excluding hydrogens is 502 g/mol. The SMILES string of the molecule is CC(C)c1cccc(C(C)(C)C)c1-n1c(-c2cccc(-c3cccc(-c4ccccc4)n3)c2O)nc2ccccc21. The van der Waals surface area contributed by atoms with Gasteiger partial charge in [-0.3, -0.25) is 4.57 Å². The fourth-order valence-electron chi connectivity index (χ4n) is 5.60. The van der Waals surface area contributed by atoms with Gasteiger partial charge in [0, 0.05) is 11.1 Å². The third-order valence-electron chi connectivity index (χ3n) is 7.65. The summed E-state index contributed by atoms with van der Waals surface area (Å²) < 4.78 is 2.25. The Morgan fingerprint density at radius 2 is 1.32 bits per heavy atom. The number of nitrogens with zero attached hydrogens (tertiary/aromatic N) is 3. The number of phenolic OH excluding ortho intramolecular Hbond substituents is 1. The van der Waals surface area contributed by atoms with Crippen LogP contribution in [0.1, 0.15) is 51.7 Å². The Morgan fingerprint density at radius 1 is 0.659 bits per heavy atom. The summed E-state index contributed by atoms with van der Waals surface area (Å²) in [6.07, 6.45) is 0. The van der Waals surface area contributed by atoms with Gasteiger partial charge >= 0.3 is 0 Å². The molecule has 4 aromatic carbocycles. The molecule has 0 aliphatic rings. The van der Waals surface area contributed by atoms with Gasteiger partial charge in [-0.2, -0.15) is 0 Å². The van der Waals surface area contributed by atoms with E-state index in [-0.39, 0.29) is 11.2 Å². The second-order valence-corrected chi connectivity index (χ2v) is 11.9. The van der Waals surface area contributed by atoms with Crippen molar-refractivity contribution in [1.82, 2.24) is 14.5 Å². The molecule has 0 saturated heterocycles. The highest BCUT2D eigenvalue weighted by atomic mass is 16.3. The second-order valence-electron chi connectivity index (χ2n) is 11.9. The van der Waals surface area contributed by atoms with Crippen LogP contribution in [-0.2, 0) is 5.41 Å². The van der Waals surface area contributed by atoms with Crippen LogP contribution in [0.25, 0.3) is 50.6 Å². The van der Waals surface area contributed by atoms with Gasteiger partial charge in [0.25, 0.3) is 0 Å². The molecule has 2 heterocycles. The zero-order valence-electron chi connectivity index (χ0n) is 24.3. The Labute approximate surface area is 242 Å². The van der Waals surface area contributed by atoms with E-state index in [9.17, 15) is 5.11 Å². The van der Waals surface area contributed by atoms with Crippen molar-refractivity contribution in [3.8, 4) is 45.3 Å². The van der Waals surface area contributed by atoms with Crippen molar-refractivity contribution in [1.29, 1.82) is 0 Å². The monoisotopic (exact) mass is 537 g/mol. The van der Waals surface area contributed by atoms with E-state index >= 15 is 0 Å². The Hall–Kier alpha value is -4.70.